The molecule has 0 atom stereocenters. The van der Waals surface area contributed by atoms with Crippen molar-refractivity contribution in [2.75, 3.05) is 31.4 Å². The van der Waals surface area contributed by atoms with Gasteiger partial charge >= 0.3 is 0 Å². The third kappa shape index (κ3) is 4.68. The molecule has 10 heteroatoms. The molecule has 0 aromatic carbocycles. The van der Waals surface area contributed by atoms with Crippen molar-refractivity contribution < 1.29 is 9.47 Å². The molecule has 1 fully saturated rings. The van der Waals surface area contributed by atoms with Crippen molar-refractivity contribution >= 4 is 28.4 Å². The molecule has 10 nitrogen and oxygen atoms in total. The number of fused-ring (bicyclic) bond motifs is 2. The normalized spacial score (nSPS) is 18.7. The minimum atomic E-state index is 0.266. The van der Waals surface area contributed by atoms with Gasteiger partial charge in [0.25, 0.3) is 0 Å². The Kier molecular flexibility index (Phi) is 6.57. The van der Waals surface area contributed by atoms with E-state index >= 15 is 0 Å². The molecule has 0 radical (unpaired) electrons. The standard InChI is InChI=1S/C25H34N8O2/c1-15(2)33-16(3)27-21-10-9-20(29-24(21)33)19-11-12-32-22(19)23(26)30-25(31-32)28-17-5-7-18(8-6-17)35-14-13-34-4/h9-12,15,17-18H,5-8,13-14H2,1-4H3,(H3,26,28,30,31). The van der Waals surface area contributed by atoms with E-state index in [2.05, 4.69) is 38.8 Å². The fourth-order valence-corrected chi connectivity index (χ4v) is 5.03. The van der Waals surface area contributed by atoms with Crippen LogP contribution in [-0.4, -0.2) is 61.6 Å². The zero-order valence-electron chi connectivity index (χ0n) is 20.9. The lowest BCUT2D eigenvalue weighted by molar-refractivity contribution is -0.00158. The van der Waals surface area contributed by atoms with Gasteiger partial charge in [-0.1, -0.05) is 0 Å². The summed E-state index contributed by atoms with van der Waals surface area (Å²) in [5, 5.41) is 8.16. The molecule has 4 aromatic heterocycles. The second kappa shape index (κ2) is 9.79. The predicted molar refractivity (Wildman–Crippen MR) is 137 cm³/mol. The molecule has 0 bridgehead atoms. The quantitative estimate of drug-likeness (QED) is 0.365. The smallest absolute Gasteiger partial charge is 0.243 e. The Hall–Kier alpha value is -3.24. The summed E-state index contributed by atoms with van der Waals surface area (Å²) in [7, 11) is 1.69. The Morgan fingerprint density at radius 2 is 1.89 bits per heavy atom. The zero-order chi connectivity index (χ0) is 24.5. The number of nitrogens with one attached hydrogen (secondary N) is 1. The van der Waals surface area contributed by atoms with Crippen molar-refractivity contribution in [2.45, 2.75) is 64.6 Å². The van der Waals surface area contributed by atoms with Gasteiger partial charge in [0.2, 0.25) is 5.95 Å². The number of aryl methyl sites for hydroxylation is 1. The summed E-state index contributed by atoms with van der Waals surface area (Å²) >= 11 is 0. The number of rotatable bonds is 8. The van der Waals surface area contributed by atoms with Gasteiger partial charge in [-0.15, -0.1) is 5.10 Å². The predicted octanol–water partition coefficient (Wildman–Crippen LogP) is 4.00. The zero-order valence-corrected chi connectivity index (χ0v) is 20.9. The van der Waals surface area contributed by atoms with E-state index in [9.17, 15) is 0 Å². The molecule has 4 heterocycles. The van der Waals surface area contributed by atoms with Gasteiger partial charge in [0.05, 0.1) is 25.0 Å². The van der Waals surface area contributed by atoms with Crippen molar-refractivity contribution in [3.63, 3.8) is 0 Å². The van der Waals surface area contributed by atoms with Crippen molar-refractivity contribution in [1.29, 1.82) is 0 Å². The topological polar surface area (TPSA) is 117 Å². The van der Waals surface area contributed by atoms with Gasteiger partial charge in [-0.3, -0.25) is 0 Å². The Balaban J connectivity index is 1.36. The van der Waals surface area contributed by atoms with Crippen LogP contribution in [0.15, 0.2) is 24.4 Å². The number of nitrogens with zero attached hydrogens (tertiary/aromatic N) is 6. The Labute approximate surface area is 204 Å². The molecule has 5 rings (SSSR count). The molecule has 1 aliphatic rings. The molecule has 1 saturated carbocycles. The Bertz CT molecular complexity index is 1320. The number of imidazole rings is 1. The number of nitrogens with two attached hydrogens (primary N) is 1. The van der Waals surface area contributed by atoms with E-state index < -0.39 is 0 Å². The number of anilines is 2. The van der Waals surface area contributed by atoms with Crippen LogP contribution in [0.1, 0.15) is 51.4 Å². The highest BCUT2D eigenvalue weighted by atomic mass is 16.5. The summed E-state index contributed by atoms with van der Waals surface area (Å²) in [6, 6.07) is 6.54. The molecule has 0 aliphatic heterocycles. The van der Waals surface area contributed by atoms with Crippen LogP contribution in [0.5, 0.6) is 0 Å². The SMILES string of the molecule is COCCOC1CCC(Nc2nc(N)c3c(-c4ccc5nc(C)n(C(C)C)c5n4)ccn3n2)CC1. The van der Waals surface area contributed by atoms with Gasteiger partial charge in [-0.05, 0) is 64.7 Å². The summed E-state index contributed by atoms with van der Waals surface area (Å²) in [6.07, 6.45) is 6.22. The highest BCUT2D eigenvalue weighted by molar-refractivity contribution is 5.88. The van der Waals surface area contributed by atoms with Crippen LogP contribution in [0, 0.1) is 6.92 Å². The minimum absolute atomic E-state index is 0.266. The molecule has 0 saturated heterocycles. The maximum atomic E-state index is 6.44. The van der Waals surface area contributed by atoms with Crippen molar-refractivity contribution in [3.05, 3.63) is 30.2 Å². The van der Waals surface area contributed by atoms with Crippen molar-refractivity contribution in [1.82, 2.24) is 29.1 Å². The largest absolute Gasteiger partial charge is 0.382 e. The van der Waals surface area contributed by atoms with Crippen LogP contribution in [0.25, 0.3) is 27.9 Å². The second-order valence-corrected chi connectivity index (χ2v) is 9.49. The monoisotopic (exact) mass is 478 g/mol. The van der Waals surface area contributed by atoms with Gasteiger partial charge in [-0.2, -0.15) is 4.98 Å². The van der Waals surface area contributed by atoms with Crippen LogP contribution in [0.2, 0.25) is 0 Å². The molecule has 3 N–H and O–H groups in total. The number of methoxy groups -OCH3 is 1. The third-order valence-electron chi connectivity index (χ3n) is 6.69. The first-order valence-electron chi connectivity index (χ1n) is 12.3. The summed E-state index contributed by atoms with van der Waals surface area (Å²) in [5.74, 6) is 1.92. The number of hydrogen-bond donors (Lipinski definition) is 2. The molecular weight excluding hydrogens is 444 g/mol. The lowest BCUT2D eigenvalue weighted by atomic mass is 9.93. The number of aromatic nitrogens is 6. The first kappa shape index (κ1) is 23.5. The van der Waals surface area contributed by atoms with Gasteiger partial charge in [0.15, 0.2) is 11.5 Å². The molecule has 4 aromatic rings. The average Bonchev–Trinajstić information content (AvgIpc) is 3.40. The number of pyridine rings is 1. The summed E-state index contributed by atoms with van der Waals surface area (Å²) < 4.78 is 14.9. The van der Waals surface area contributed by atoms with Crippen LogP contribution in [0.3, 0.4) is 0 Å². The molecule has 186 valence electrons. The van der Waals surface area contributed by atoms with Crippen molar-refractivity contribution in [3.8, 4) is 11.3 Å². The van der Waals surface area contributed by atoms with Crippen LogP contribution in [-0.2, 0) is 9.47 Å². The molecular formula is C25H34N8O2. The van der Waals surface area contributed by atoms with E-state index in [1.807, 2.05) is 31.3 Å². The van der Waals surface area contributed by atoms with E-state index in [1.54, 1.807) is 11.6 Å². The summed E-state index contributed by atoms with van der Waals surface area (Å²) in [4.78, 5) is 14.2. The second-order valence-electron chi connectivity index (χ2n) is 9.49. The van der Waals surface area contributed by atoms with Crippen LogP contribution >= 0.6 is 0 Å². The van der Waals surface area contributed by atoms with Gasteiger partial charge in [0, 0.05) is 31.0 Å². The third-order valence-corrected chi connectivity index (χ3v) is 6.69. The highest BCUT2D eigenvalue weighted by Gasteiger charge is 2.23. The van der Waals surface area contributed by atoms with Gasteiger partial charge in [0.1, 0.15) is 16.9 Å². The van der Waals surface area contributed by atoms with Crippen LogP contribution in [0.4, 0.5) is 11.8 Å². The fourth-order valence-electron chi connectivity index (χ4n) is 5.03. The maximum Gasteiger partial charge on any atom is 0.243 e. The molecule has 0 spiro atoms. The number of nitrogen functional groups attached to an aromatic ring is 1. The fraction of sp³-hybridized carbons (Fsp3) is 0.520. The lowest BCUT2D eigenvalue weighted by Gasteiger charge is -2.29. The Morgan fingerprint density at radius 1 is 1.09 bits per heavy atom. The van der Waals surface area contributed by atoms with E-state index in [0.29, 0.717) is 37.1 Å². The summed E-state index contributed by atoms with van der Waals surface area (Å²) in [6.45, 7) is 7.56. The van der Waals surface area contributed by atoms with E-state index in [0.717, 1.165) is 59.4 Å². The molecule has 35 heavy (non-hydrogen) atoms. The summed E-state index contributed by atoms with van der Waals surface area (Å²) in [5.41, 5.74) is 10.7. The average molecular weight is 479 g/mol. The number of hydrogen-bond acceptors (Lipinski definition) is 8. The first-order valence-corrected chi connectivity index (χ1v) is 12.3. The lowest BCUT2D eigenvalue weighted by Crippen LogP contribution is -2.31. The molecule has 0 unspecified atom stereocenters. The van der Waals surface area contributed by atoms with E-state index in [1.165, 1.54) is 0 Å². The van der Waals surface area contributed by atoms with E-state index in [-0.39, 0.29) is 6.04 Å². The maximum absolute atomic E-state index is 6.44. The Morgan fingerprint density at radius 3 is 2.63 bits per heavy atom. The minimum Gasteiger partial charge on any atom is -0.382 e. The van der Waals surface area contributed by atoms with Crippen LogP contribution < -0.4 is 11.1 Å². The number of ether oxygens (including phenoxy) is 2. The van der Waals surface area contributed by atoms with Gasteiger partial charge in [-0.25, -0.2) is 14.5 Å². The highest BCUT2D eigenvalue weighted by Crippen LogP contribution is 2.30. The van der Waals surface area contributed by atoms with Crippen molar-refractivity contribution in [2.24, 2.45) is 0 Å². The van der Waals surface area contributed by atoms with E-state index in [4.69, 9.17) is 20.2 Å². The first-order chi connectivity index (χ1) is 16.9. The van der Waals surface area contributed by atoms with Gasteiger partial charge < -0.3 is 25.1 Å². The molecule has 0 amide bonds. The molecule has 1 aliphatic carbocycles.